The summed E-state index contributed by atoms with van der Waals surface area (Å²) < 4.78 is 4.98. The van der Waals surface area contributed by atoms with Crippen LogP contribution in [0, 0.1) is 0 Å². The van der Waals surface area contributed by atoms with Gasteiger partial charge in [0.1, 0.15) is 0 Å². The SMILES string of the molecule is COCC(O)CN1CCCC1C1CCCN1. The number of hydrogen-bond acceptors (Lipinski definition) is 4. The highest BCUT2D eigenvalue weighted by Gasteiger charge is 2.33. The summed E-state index contributed by atoms with van der Waals surface area (Å²) in [4.78, 5) is 2.44. The van der Waals surface area contributed by atoms with E-state index in [0.717, 1.165) is 19.6 Å². The van der Waals surface area contributed by atoms with Crippen LogP contribution in [0.3, 0.4) is 0 Å². The summed E-state index contributed by atoms with van der Waals surface area (Å²) >= 11 is 0. The Balaban J connectivity index is 1.82. The predicted molar refractivity (Wildman–Crippen MR) is 63.5 cm³/mol. The zero-order chi connectivity index (χ0) is 11.4. The summed E-state index contributed by atoms with van der Waals surface area (Å²) in [5.41, 5.74) is 0. The molecule has 2 fully saturated rings. The third kappa shape index (κ3) is 2.94. The first-order chi connectivity index (χ1) is 7.81. The van der Waals surface area contributed by atoms with Gasteiger partial charge < -0.3 is 15.2 Å². The van der Waals surface area contributed by atoms with Gasteiger partial charge in [0.15, 0.2) is 0 Å². The Morgan fingerprint density at radius 1 is 1.44 bits per heavy atom. The molecule has 0 radical (unpaired) electrons. The van der Waals surface area contributed by atoms with Gasteiger partial charge in [-0.3, -0.25) is 4.90 Å². The van der Waals surface area contributed by atoms with Gasteiger partial charge >= 0.3 is 0 Å². The van der Waals surface area contributed by atoms with E-state index in [-0.39, 0.29) is 6.10 Å². The number of likely N-dealkylation sites (tertiary alicyclic amines) is 1. The Hall–Kier alpha value is -0.160. The molecule has 4 nitrogen and oxygen atoms in total. The van der Waals surface area contributed by atoms with Crippen molar-refractivity contribution in [1.29, 1.82) is 0 Å². The van der Waals surface area contributed by atoms with Crippen LogP contribution >= 0.6 is 0 Å². The van der Waals surface area contributed by atoms with Gasteiger partial charge in [0.2, 0.25) is 0 Å². The number of aliphatic hydroxyl groups is 1. The summed E-state index contributed by atoms with van der Waals surface area (Å²) in [6.07, 6.45) is 4.80. The van der Waals surface area contributed by atoms with Crippen molar-refractivity contribution in [1.82, 2.24) is 10.2 Å². The van der Waals surface area contributed by atoms with Gasteiger partial charge in [0, 0.05) is 25.7 Å². The lowest BCUT2D eigenvalue weighted by Crippen LogP contribution is -2.47. The van der Waals surface area contributed by atoms with Gasteiger partial charge in [0.05, 0.1) is 12.7 Å². The Labute approximate surface area is 98.0 Å². The second kappa shape index (κ2) is 5.96. The van der Waals surface area contributed by atoms with Gasteiger partial charge in [-0.05, 0) is 38.8 Å². The number of aliphatic hydroxyl groups excluding tert-OH is 1. The molecule has 2 heterocycles. The van der Waals surface area contributed by atoms with Crippen LogP contribution in [0.25, 0.3) is 0 Å². The fourth-order valence-corrected chi connectivity index (χ4v) is 3.09. The van der Waals surface area contributed by atoms with Crippen molar-refractivity contribution in [3.63, 3.8) is 0 Å². The molecule has 0 spiro atoms. The topological polar surface area (TPSA) is 44.7 Å². The molecule has 0 aromatic rings. The first-order valence-electron chi connectivity index (χ1n) is 6.45. The average Bonchev–Trinajstić information content (AvgIpc) is 2.86. The normalized spacial score (nSPS) is 33.4. The summed E-state index contributed by atoms with van der Waals surface area (Å²) in [5.74, 6) is 0. The maximum Gasteiger partial charge on any atom is 0.0900 e. The molecule has 0 bridgehead atoms. The van der Waals surface area contributed by atoms with Crippen molar-refractivity contribution in [2.75, 3.05) is 33.4 Å². The largest absolute Gasteiger partial charge is 0.389 e. The van der Waals surface area contributed by atoms with E-state index in [1.807, 2.05) is 0 Å². The van der Waals surface area contributed by atoms with Gasteiger partial charge in [-0.1, -0.05) is 0 Å². The molecule has 2 rings (SSSR count). The summed E-state index contributed by atoms with van der Waals surface area (Å²) in [6, 6.07) is 1.28. The van der Waals surface area contributed by atoms with Crippen molar-refractivity contribution in [3.8, 4) is 0 Å². The molecule has 3 unspecified atom stereocenters. The van der Waals surface area contributed by atoms with Gasteiger partial charge in [-0.2, -0.15) is 0 Å². The Morgan fingerprint density at radius 3 is 3.00 bits per heavy atom. The minimum Gasteiger partial charge on any atom is -0.389 e. The molecular weight excluding hydrogens is 204 g/mol. The van der Waals surface area contributed by atoms with E-state index in [1.54, 1.807) is 7.11 Å². The number of ether oxygens (including phenoxy) is 1. The molecular formula is C12H24N2O2. The van der Waals surface area contributed by atoms with Crippen molar-refractivity contribution in [2.45, 2.75) is 43.9 Å². The van der Waals surface area contributed by atoms with Crippen molar-refractivity contribution in [3.05, 3.63) is 0 Å². The molecule has 94 valence electrons. The number of hydrogen-bond donors (Lipinski definition) is 2. The zero-order valence-corrected chi connectivity index (χ0v) is 10.2. The van der Waals surface area contributed by atoms with Crippen LogP contribution < -0.4 is 5.32 Å². The molecule has 2 N–H and O–H groups in total. The summed E-state index contributed by atoms with van der Waals surface area (Å²) in [5, 5.41) is 13.4. The number of methoxy groups -OCH3 is 1. The highest BCUT2D eigenvalue weighted by atomic mass is 16.5. The molecule has 2 aliphatic heterocycles. The lowest BCUT2D eigenvalue weighted by Gasteiger charge is -2.30. The van der Waals surface area contributed by atoms with E-state index in [9.17, 15) is 5.11 Å². The van der Waals surface area contributed by atoms with Crippen LogP contribution in [-0.2, 0) is 4.74 Å². The monoisotopic (exact) mass is 228 g/mol. The number of β-amino-alcohol motifs (C(OH)–C–C–N with tert-alkyl or cyclic N) is 1. The van der Waals surface area contributed by atoms with Crippen LogP contribution in [0.5, 0.6) is 0 Å². The van der Waals surface area contributed by atoms with E-state index < -0.39 is 0 Å². The molecule has 0 aromatic heterocycles. The maximum atomic E-state index is 9.78. The maximum absolute atomic E-state index is 9.78. The van der Waals surface area contributed by atoms with Crippen LogP contribution in [0.15, 0.2) is 0 Å². The third-order valence-electron chi connectivity index (χ3n) is 3.78. The van der Waals surface area contributed by atoms with Gasteiger partial charge in [-0.25, -0.2) is 0 Å². The molecule has 0 amide bonds. The van der Waals surface area contributed by atoms with E-state index in [0.29, 0.717) is 18.7 Å². The highest BCUT2D eigenvalue weighted by Crippen LogP contribution is 2.24. The van der Waals surface area contributed by atoms with Crippen molar-refractivity contribution in [2.24, 2.45) is 0 Å². The van der Waals surface area contributed by atoms with Crippen LogP contribution in [-0.4, -0.2) is 61.5 Å². The lowest BCUT2D eigenvalue weighted by atomic mass is 10.0. The van der Waals surface area contributed by atoms with Crippen LogP contribution in [0.1, 0.15) is 25.7 Å². The van der Waals surface area contributed by atoms with Gasteiger partial charge in [0.25, 0.3) is 0 Å². The summed E-state index contributed by atoms with van der Waals surface area (Å²) in [6.45, 7) is 3.50. The first kappa shape index (κ1) is 12.3. The molecule has 2 aliphatic rings. The number of nitrogens with zero attached hydrogens (tertiary/aromatic N) is 1. The van der Waals surface area contributed by atoms with E-state index >= 15 is 0 Å². The minimum atomic E-state index is -0.341. The van der Waals surface area contributed by atoms with E-state index in [1.165, 1.54) is 25.7 Å². The summed E-state index contributed by atoms with van der Waals surface area (Å²) in [7, 11) is 1.64. The number of rotatable bonds is 5. The number of nitrogens with one attached hydrogen (secondary N) is 1. The molecule has 2 saturated heterocycles. The average molecular weight is 228 g/mol. The molecule has 0 aromatic carbocycles. The van der Waals surface area contributed by atoms with Crippen LogP contribution in [0.2, 0.25) is 0 Å². The molecule has 16 heavy (non-hydrogen) atoms. The van der Waals surface area contributed by atoms with Gasteiger partial charge in [-0.15, -0.1) is 0 Å². The van der Waals surface area contributed by atoms with E-state index in [4.69, 9.17) is 4.74 Å². The zero-order valence-electron chi connectivity index (χ0n) is 10.2. The Bertz CT molecular complexity index is 207. The quantitative estimate of drug-likeness (QED) is 0.706. The minimum absolute atomic E-state index is 0.341. The van der Waals surface area contributed by atoms with Crippen molar-refractivity contribution >= 4 is 0 Å². The highest BCUT2D eigenvalue weighted by molar-refractivity contribution is 4.92. The standard InChI is InChI=1S/C12H24N2O2/c1-16-9-10(15)8-14-7-3-5-12(14)11-4-2-6-13-11/h10-13,15H,2-9H2,1H3. The first-order valence-corrected chi connectivity index (χ1v) is 6.45. The molecule has 0 saturated carbocycles. The fraction of sp³-hybridized carbons (Fsp3) is 1.00. The second-order valence-electron chi connectivity index (χ2n) is 5.02. The fourth-order valence-electron chi connectivity index (χ4n) is 3.09. The Morgan fingerprint density at radius 2 is 2.31 bits per heavy atom. The second-order valence-corrected chi connectivity index (χ2v) is 5.02. The predicted octanol–water partition coefficient (Wildman–Crippen LogP) is 0.210. The molecule has 0 aliphatic carbocycles. The third-order valence-corrected chi connectivity index (χ3v) is 3.78. The van der Waals surface area contributed by atoms with Crippen molar-refractivity contribution < 1.29 is 9.84 Å². The Kier molecular flexibility index (Phi) is 4.58. The molecule has 4 heteroatoms. The molecule has 3 atom stereocenters. The van der Waals surface area contributed by atoms with E-state index in [2.05, 4.69) is 10.2 Å². The van der Waals surface area contributed by atoms with Crippen LogP contribution in [0.4, 0.5) is 0 Å². The lowest BCUT2D eigenvalue weighted by molar-refractivity contribution is 0.0316. The smallest absolute Gasteiger partial charge is 0.0900 e.